The van der Waals surface area contributed by atoms with Crippen molar-refractivity contribution in [3.8, 4) is 0 Å². The van der Waals surface area contributed by atoms with Gasteiger partial charge in [-0.3, -0.25) is 0 Å². The van der Waals surface area contributed by atoms with E-state index >= 15 is 4.39 Å². The number of rotatable bonds is 4. The number of carboxylic acid groups (broad SMARTS) is 1. The first-order valence-electron chi connectivity index (χ1n) is 10.6. The summed E-state index contributed by atoms with van der Waals surface area (Å²) < 4.78 is 55.0. The predicted octanol–water partition coefficient (Wildman–Crippen LogP) is 1.91. The number of anilines is 1. The number of ether oxygens (including phenoxy) is 2. The minimum absolute atomic E-state index is 0.0264. The van der Waals surface area contributed by atoms with Gasteiger partial charge in [-0.05, 0) is 23.8 Å². The van der Waals surface area contributed by atoms with Crippen molar-refractivity contribution < 1.29 is 32.5 Å². The predicted molar refractivity (Wildman–Crippen MR) is 111 cm³/mol. The third kappa shape index (κ3) is 3.85. The van der Waals surface area contributed by atoms with Gasteiger partial charge in [-0.15, -0.1) is 0 Å². The second-order valence-corrected chi connectivity index (χ2v) is 8.47. The first-order valence-corrected chi connectivity index (χ1v) is 10.6. The van der Waals surface area contributed by atoms with Crippen LogP contribution < -0.4 is 16.0 Å². The summed E-state index contributed by atoms with van der Waals surface area (Å²) in [5.41, 5.74) is 6.00. The normalized spacial score (nSPS) is 29.2. The van der Waals surface area contributed by atoms with Crippen LogP contribution in [0.15, 0.2) is 53.3 Å². The van der Waals surface area contributed by atoms with Crippen LogP contribution in [0.5, 0.6) is 0 Å². The van der Waals surface area contributed by atoms with Crippen LogP contribution in [0.2, 0.25) is 0 Å². The summed E-state index contributed by atoms with van der Waals surface area (Å²) in [6.45, 7) is 1.41. The fourth-order valence-electron chi connectivity index (χ4n) is 4.67. The molecule has 3 atom stereocenters. The Morgan fingerprint density at radius 3 is 2.85 bits per heavy atom. The lowest BCUT2D eigenvalue weighted by atomic mass is 9.95. The maximum Gasteiger partial charge on any atom is 0.333 e. The second kappa shape index (κ2) is 8.08. The number of carboxylic acids is 1. The minimum Gasteiger partial charge on any atom is -0.478 e. The Kier molecular flexibility index (Phi) is 5.34. The maximum atomic E-state index is 15.2. The van der Waals surface area contributed by atoms with Crippen LogP contribution in [0.4, 0.5) is 18.9 Å². The van der Waals surface area contributed by atoms with Gasteiger partial charge in [0, 0.05) is 38.2 Å². The summed E-state index contributed by atoms with van der Waals surface area (Å²) in [7, 11) is 0. The smallest absolute Gasteiger partial charge is 0.333 e. The van der Waals surface area contributed by atoms with Crippen molar-refractivity contribution in [2.75, 3.05) is 31.1 Å². The average molecular weight is 464 g/mol. The molecule has 2 fully saturated rings. The molecule has 0 amide bonds. The van der Waals surface area contributed by atoms with E-state index in [1.165, 1.54) is 23.2 Å². The fourth-order valence-corrected chi connectivity index (χ4v) is 4.67. The Bertz CT molecular complexity index is 1090. The molecule has 4 aliphatic rings. The number of likely N-dealkylation sites (tertiary alicyclic amines) is 1. The van der Waals surface area contributed by atoms with Crippen molar-refractivity contribution in [1.29, 1.82) is 0 Å². The highest BCUT2D eigenvalue weighted by Crippen LogP contribution is 2.39. The number of hydrogen-bond donors (Lipinski definition) is 3. The molecular formula is C22H23F3N4O4. The molecule has 1 aromatic rings. The number of hydrogen-bond acceptors (Lipinski definition) is 7. The molecular weight excluding hydrogens is 441 g/mol. The molecule has 1 spiro atoms. The van der Waals surface area contributed by atoms with Crippen LogP contribution in [0, 0.1) is 11.6 Å². The monoisotopic (exact) mass is 464 g/mol. The standard InChI is InChI=1S/C22H23F3N4O4/c23-14-1-2-18(16(24)7-14)29-9-13(21(30)31)5-12-6-17(25)20(27-19(12)29)28-4-3-22(11-28)32-10-15(8-26)33-22/h1-2,6-7,9,15,19,27H,3-5,8,10-11,26H2,(H,30,31). The topological polar surface area (TPSA) is 100 Å². The molecule has 5 rings (SSSR count). The van der Waals surface area contributed by atoms with Crippen molar-refractivity contribution in [3.63, 3.8) is 0 Å². The van der Waals surface area contributed by atoms with Gasteiger partial charge in [0.2, 0.25) is 0 Å². The molecule has 176 valence electrons. The second-order valence-electron chi connectivity index (χ2n) is 8.47. The number of nitrogens with one attached hydrogen (secondary N) is 1. The van der Waals surface area contributed by atoms with Crippen LogP contribution in [0.3, 0.4) is 0 Å². The number of dihydropyridines is 1. The van der Waals surface area contributed by atoms with E-state index in [4.69, 9.17) is 15.2 Å². The zero-order valence-electron chi connectivity index (χ0n) is 17.6. The molecule has 0 radical (unpaired) electrons. The third-order valence-corrected chi connectivity index (χ3v) is 6.28. The highest BCUT2D eigenvalue weighted by atomic mass is 19.1. The van der Waals surface area contributed by atoms with E-state index in [1.54, 1.807) is 4.90 Å². The van der Waals surface area contributed by atoms with Crippen LogP contribution in [-0.4, -0.2) is 60.3 Å². The molecule has 4 aliphatic heterocycles. The van der Waals surface area contributed by atoms with Gasteiger partial charge in [0.05, 0.1) is 30.5 Å². The first-order chi connectivity index (χ1) is 15.8. The summed E-state index contributed by atoms with van der Waals surface area (Å²) in [5.74, 6) is -4.10. The Hall–Kier alpha value is -3.02. The van der Waals surface area contributed by atoms with Crippen LogP contribution in [-0.2, 0) is 14.3 Å². The van der Waals surface area contributed by atoms with E-state index < -0.39 is 35.4 Å². The van der Waals surface area contributed by atoms with Gasteiger partial charge in [0.1, 0.15) is 23.6 Å². The van der Waals surface area contributed by atoms with E-state index in [-0.39, 0.29) is 36.2 Å². The number of nitrogens with two attached hydrogens (primary N) is 1. The molecule has 11 heteroatoms. The van der Waals surface area contributed by atoms with Crippen molar-refractivity contribution in [2.24, 2.45) is 5.73 Å². The van der Waals surface area contributed by atoms with Crippen LogP contribution >= 0.6 is 0 Å². The lowest BCUT2D eigenvalue weighted by Crippen LogP contribution is -2.52. The van der Waals surface area contributed by atoms with Crippen LogP contribution in [0.25, 0.3) is 0 Å². The number of fused-ring (bicyclic) bond motifs is 1. The van der Waals surface area contributed by atoms with E-state index in [1.807, 2.05) is 0 Å². The van der Waals surface area contributed by atoms with Gasteiger partial charge in [-0.25, -0.2) is 18.0 Å². The molecule has 1 aromatic carbocycles. The van der Waals surface area contributed by atoms with Gasteiger partial charge >= 0.3 is 5.97 Å². The molecule has 4 heterocycles. The summed E-state index contributed by atoms with van der Waals surface area (Å²) >= 11 is 0. The van der Waals surface area contributed by atoms with Gasteiger partial charge in [0.15, 0.2) is 11.6 Å². The summed E-state index contributed by atoms with van der Waals surface area (Å²) in [6.07, 6.45) is 2.06. The number of nitrogens with zero attached hydrogens (tertiary/aromatic N) is 2. The van der Waals surface area contributed by atoms with Gasteiger partial charge in [-0.1, -0.05) is 0 Å². The van der Waals surface area contributed by atoms with Gasteiger partial charge < -0.3 is 35.4 Å². The van der Waals surface area contributed by atoms with E-state index in [9.17, 15) is 18.7 Å². The molecule has 4 N–H and O–H groups in total. The highest BCUT2D eigenvalue weighted by molar-refractivity contribution is 5.88. The number of aliphatic carboxylic acids is 1. The zero-order chi connectivity index (χ0) is 23.3. The Balaban J connectivity index is 1.46. The number of halogens is 3. The first kappa shape index (κ1) is 21.8. The number of carbonyl (C=O) groups is 1. The van der Waals surface area contributed by atoms with Crippen molar-refractivity contribution >= 4 is 11.7 Å². The summed E-state index contributed by atoms with van der Waals surface area (Å²) in [4.78, 5) is 14.7. The molecule has 2 saturated heterocycles. The molecule has 0 bridgehead atoms. The minimum atomic E-state index is -1.21. The van der Waals surface area contributed by atoms with Crippen molar-refractivity contribution in [1.82, 2.24) is 10.2 Å². The largest absolute Gasteiger partial charge is 0.478 e. The van der Waals surface area contributed by atoms with Gasteiger partial charge in [-0.2, -0.15) is 0 Å². The fraction of sp³-hybridized carbons (Fsp3) is 0.409. The SMILES string of the molecule is NCC1COC2(CCN(C3=C(F)C=C4CC(C(=O)O)=CN(c5ccc(F)cc5F)C4N3)C2)O1. The maximum absolute atomic E-state index is 15.2. The van der Waals surface area contributed by atoms with Crippen molar-refractivity contribution in [3.05, 3.63) is 64.9 Å². The Morgan fingerprint density at radius 1 is 1.33 bits per heavy atom. The van der Waals surface area contributed by atoms with Crippen molar-refractivity contribution in [2.45, 2.75) is 30.9 Å². The Morgan fingerprint density at radius 2 is 2.15 bits per heavy atom. The lowest BCUT2D eigenvalue weighted by Gasteiger charge is -2.41. The van der Waals surface area contributed by atoms with Gasteiger partial charge in [0.25, 0.3) is 0 Å². The van der Waals surface area contributed by atoms with E-state index in [0.717, 1.165) is 6.07 Å². The number of allylic oxidation sites excluding steroid dienone is 2. The summed E-state index contributed by atoms with van der Waals surface area (Å²) in [5, 5.41) is 12.6. The van der Waals surface area contributed by atoms with Crippen LogP contribution in [0.1, 0.15) is 12.8 Å². The van der Waals surface area contributed by atoms with E-state index in [0.29, 0.717) is 37.8 Å². The lowest BCUT2D eigenvalue weighted by molar-refractivity contribution is -0.154. The third-order valence-electron chi connectivity index (χ3n) is 6.28. The number of benzene rings is 1. The molecule has 33 heavy (non-hydrogen) atoms. The average Bonchev–Trinajstić information content (AvgIpc) is 3.39. The zero-order valence-corrected chi connectivity index (χ0v) is 17.6. The molecule has 0 aromatic heterocycles. The molecule has 0 aliphatic carbocycles. The molecule has 0 saturated carbocycles. The Labute approximate surface area is 187 Å². The van der Waals surface area contributed by atoms with E-state index in [2.05, 4.69) is 5.32 Å². The quantitative estimate of drug-likeness (QED) is 0.622. The molecule has 8 nitrogen and oxygen atoms in total. The summed E-state index contributed by atoms with van der Waals surface area (Å²) in [6, 6.07) is 3.02. The highest BCUT2D eigenvalue weighted by Gasteiger charge is 2.48. The molecule has 3 unspecified atom stereocenters.